The van der Waals surface area contributed by atoms with Crippen molar-refractivity contribution in [3.8, 4) is 0 Å². The quantitative estimate of drug-likeness (QED) is 0.301. The van der Waals surface area contributed by atoms with E-state index in [0.717, 1.165) is 31.7 Å². The normalized spacial score (nSPS) is 20.5. The number of thioether (sulfide) groups is 1. The third-order valence-corrected chi connectivity index (χ3v) is 6.92. The van der Waals surface area contributed by atoms with Crippen LogP contribution >= 0.6 is 11.8 Å². The molecule has 1 aromatic carbocycles. The van der Waals surface area contributed by atoms with Crippen LogP contribution in [0.25, 0.3) is 0 Å². The SMILES string of the molecule is CCN1C(=O)[C@@H](CNc2cccc(C(=O)NCCCN3CCCC3)c2)S/C1=C(/N)C(N)=O. The number of primary amides is 1. The molecule has 0 saturated carbocycles. The van der Waals surface area contributed by atoms with Crippen molar-refractivity contribution < 1.29 is 14.4 Å². The third kappa shape index (κ3) is 5.95. The van der Waals surface area contributed by atoms with Gasteiger partial charge < -0.3 is 31.9 Å². The van der Waals surface area contributed by atoms with Gasteiger partial charge >= 0.3 is 0 Å². The molecule has 174 valence electrons. The maximum Gasteiger partial charge on any atom is 0.267 e. The van der Waals surface area contributed by atoms with Crippen LogP contribution in [-0.4, -0.2) is 72.0 Å². The van der Waals surface area contributed by atoms with Crippen LogP contribution in [0.5, 0.6) is 0 Å². The fraction of sp³-hybridized carbons (Fsp3) is 0.500. The Morgan fingerprint density at radius 2 is 1.97 bits per heavy atom. The summed E-state index contributed by atoms with van der Waals surface area (Å²) in [6.07, 6.45) is 3.47. The summed E-state index contributed by atoms with van der Waals surface area (Å²) in [5.41, 5.74) is 12.3. The van der Waals surface area contributed by atoms with Crippen LogP contribution in [0.15, 0.2) is 35.0 Å². The molecule has 2 heterocycles. The first-order chi connectivity index (χ1) is 15.4. The van der Waals surface area contributed by atoms with E-state index >= 15 is 0 Å². The summed E-state index contributed by atoms with van der Waals surface area (Å²) in [7, 11) is 0. The van der Waals surface area contributed by atoms with E-state index in [4.69, 9.17) is 11.5 Å². The summed E-state index contributed by atoms with van der Waals surface area (Å²) in [5, 5.41) is 6.15. The Morgan fingerprint density at radius 1 is 1.22 bits per heavy atom. The van der Waals surface area contributed by atoms with E-state index in [1.165, 1.54) is 29.5 Å². The van der Waals surface area contributed by atoms with Gasteiger partial charge in [-0.05, 0) is 64.0 Å². The second kappa shape index (κ2) is 11.2. The van der Waals surface area contributed by atoms with E-state index in [2.05, 4.69) is 15.5 Å². The molecule has 10 heteroatoms. The minimum Gasteiger partial charge on any atom is -0.392 e. The molecule has 0 aromatic heterocycles. The lowest BCUT2D eigenvalue weighted by atomic mass is 10.2. The Hall–Kier alpha value is -2.72. The van der Waals surface area contributed by atoms with E-state index in [-0.39, 0.29) is 17.5 Å². The lowest BCUT2D eigenvalue weighted by Gasteiger charge is -2.15. The van der Waals surface area contributed by atoms with Crippen LogP contribution < -0.4 is 22.1 Å². The van der Waals surface area contributed by atoms with E-state index < -0.39 is 11.2 Å². The Bertz CT molecular complexity index is 884. The number of carbonyl (C=O) groups is 3. The van der Waals surface area contributed by atoms with Gasteiger partial charge in [-0.1, -0.05) is 17.8 Å². The molecule has 0 bridgehead atoms. The summed E-state index contributed by atoms with van der Waals surface area (Å²) in [4.78, 5) is 40.5. The highest BCUT2D eigenvalue weighted by Gasteiger charge is 2.37. The smallest absolute Gasteiger partial charge is 0.267 e. The van der Waals surface area contributed by atoms with Crippen molar-refractivity contribution in [2.45, 2.75) is 31.4 Å². The zero-order valence-corrected chi connectivity index (χ0v) is 19.2. The number of rotatable bonds is 10. The number of hydrogen-bond donors (Lipinski definition) is 4. The predicted molar refractivity (Wildman–Crippen MR) is 127 cm³/mol. The van der Waals surface area contributed by atoms with Gasteiger partial charge in [-0.25, -0.2) is 0 Å². The van der Waals surface area contributed by atoms with Crippen molar-refractivity contribution >= 4 is 35.2 Å². The minimum atomic E-state index is -0.744. The van der Waals surface area contributed by atoms with Gasteiger partial charge in [0.2, 0.25) is 5.91 Å². The van der Waals surface area contributed by atoms with Crippen LogP contribution in [0.4, 0.5) is 5.69 Å². The summed E-state index contributed by atoms with van der Waals surface area (Å²) in [6, 6.07) is 7.19. The van der Waals surface area contributed by atoms with Gasteiger partial charge in [0.1, 0.15) is 16.0 Å². The molecule has 3 amide bonds. The molecule has 2 aliphatic rings. The lowest BCUT2D eigenvalue weighted by molar-refractivity contribution is -0.127. The number of anilines is 1. The summed E-state index contributed by atoms with van der Waals surface area (Å²) in [6.45, 7) is 6.52. The second-order valence-corrected chi connectivity index (χ2v) is 9.08. The zero-order chi connectivity index (χ0) is 23.1. The Morgan fingerprint density at radius 3 is 2.66 bits per heavy atom. The number of likely N-dealkylation sites (tertiary alicyclic amines) is 1. The zero-order valence-electron chi connectivity index (χ0n) is 18.4. The Balaban J connectivity index is 1.52. The first kappa shape index (κ1) is 23.9. The number of nitrogens with one attached hydrogen (secondary N) is 2. The van der Waals surface area contributed by atoms with Gasteiger partial charge in [0, 0.05) is 30.9 Å². The van der Waals surface area contributed by atoms with E-state index in [1.54, 1.807) is 18.2 Å². The monoisotopic (exact) mass is 460 g/mol. The van der Waals surface area contributed by atoms with Gasteiger partial charge in [0.15, 0.2) is 0 Å². The van der Waals surface area contributed by atoms with Crippen molar-refractivity contribution in [3.63, 3.8) is 0 Å². The topological polar surface area (TPSA) is 134 Å². The highest BCUT2D eigenvalue weighted by molar-refractivity contribution is 8.04. The lowest BCUT2D eigenvalue weighted by Crippen LogP contribution is -2.33. The van der Waals surface area contributed by atoms with Crippen LogP contribution in [-0.2, 0) is 9.59 Å². The molecule has 2 aliphatic heterocycles. The molecule has 1 atom stereocenters. The number of amides is 3. The molecule has 32 heavy (non-hydrogen) atoms. The Labute approximate surface area is 192 Å². The van der Waals surface area contributed by atoms with Crippen molar-refractivity contribution in [3.05, 3.63) is 40.6 Å². The van der Waals surface area contributed by atoms with Gasteiger partial charge in [-0.3, -0.25) is 14.4 Å². The number of nitrogens with two attached hydrogens (primary N) is 2. The number of benzene rings is 1. The first-order valence-corrected chi connectivity index (χ1v) is 11.9. The molecule has 9 nitrogen and oxygen atoms in total. The van der Waals surface area contributed by atoms with Crippen LogP contribution in [0, 0.1) is 0 Å². The standard InChI is InChI=1S/C22H32N6O3S/c1-2-28-21(31)17(32-22(28)18(23)19(24)29)14-26-16-8-5-7-15(13-16)20(30)25-9-6-12-27-10-3-4-11-27/h5,7-8,13,17,26H,2-4,6,9-12,14,23H2,1H3,(H2,24,29)(H,25,30)/b22-18+/t17-/m1/s1. The van der Waals surface area contributed by atoms with Crippen molar-refractivity contribution in [1.29, 1.82) is 0 Å². The maximum atomic E-state index is 12.7. The van der Waals surface area contributed by atoms with E-state index in [9.17, 15) is 14.4 Å². The van der Waals surface area contributed by atoms with Gasteiger partial charge in [0.05, 0.1) is 0 Å². The molecule has 0 aliphatic carbocycles. The summed E-state index contributed by atoms with van der Waals surface area (Å²) < 4.78 is 0. The van der Waals surface area contributed by atoms with Gasteiger partial charge in [0.25, 0.3) is 11.8 Å². The van der Waals surface area contributed by atoms with Crippen LogP contribution in [0.3, 0.4) is 0 Å². The number of nitrogens with zero attached hydrogens (tertiary/aromatic N) is 2. The van der Waals surface area contributed by atoms with Crippen molar-refractivity contribution in [2.24, 2.45) is 11.5 Å². The van der Waals surface area contributed by atoms with Crippen molar-refractivity contribution in [1.82, 2.24) is 15.1 Å². The van der Waals surface area contributed by atoms with Crippen LogP contribution in [0.2, 0.25) is 0 Å². The average molecular weight is 461 g/mol. The van der Waals surface area contributed by atoms with Crippen LogP contribution in [0.1, 0.15) is 36.5 Å². The molecule has 2 saturated heterocycles. The second-order valence-electron chi connectivity index (χ2n) is 7.89. The average Bonchev–Trinajstić information content (AvgIpc) is 3.42. The van der Waals surface area contributed by atoms with Crippen molar-refractivity contribution in [2.75, 3.05) is 44.6 Å². The van der Waals surface area contributed by atoms with Gasteiger partial charge in [-0.2, -0.15) is 0 Å². The molecule has 6 N–H and O–H groups in total. The Kier molecular flexibility index (Phi) is 8.40. The molecule has 0 radical (unpaired) electrons. The minimum absolute atomic E-state index is 0.101. The molecule has 3 rings (SSSR count). The van der Waals surface area contributed by atoms with Gasteiger partial charge in [-0.15, -0.1) is 0 Å². The highest BCUT2D eigenvalue weighted by Crippen LogP contribution is 2.36. The van der Waals surface area contributed by atoms with E-state index in [0.29, 0.717) is 30.2 Å². The number of carbonyl (C=O) groups excluding carboxylic acids is 3. The fourth-order valence-electron chi connectivity index (χ4n) is 3.86. The molecule has 1 aromatic rings. The highest BCUT2D eigenvalue weighted by atomic mass is 32.2. The third-order valence-electron chi connectivity index (χ3n) is 5.60. The maximum absolute atomic E-state index is 12.7. The molecular weight excluding hydrogens is 428 g/mol. The fourth-order valence-corrected chi connectivity index (χ4v) is 5.10. The molecular formula is C22H32N6O3S. The largest absolute Gasteiger partial charge is 0.392 e. The summed E-state index contributed by atoms with van der Waals surface area (Å²) >= 11 is 1.23. The van der Waals surface area contributed by atoms with E-state index in [1.807, 2.05) is 13.0 Å². The summed E-state index contributed by atoms with van der Waals surface area (Å²) in [5.74, 6) is -0.986. The predicted octanol–water partition coefficient (Wildman–Crippen LogP) is 0.891. The molecule has 0 unspecified atom stereocenters. The molecule has 0 spiro atoms. The number of hydrogen-bond acceptors (Lipinski definition) is 7. The first-order valence-electron chi connectivity index (χ1n) is 11.0. The molecule has 2 fully saturated rings.